The van der Waals surface area contributed by atoms with Crippen molar-refractivity contribution < 1.29 is 9.72 Å². The van der Waals surface area contributed by atoms with Gasteiger partial charge >= 0.3 is 0 Å². The van der Waals surface area contributed by atoms with Crippen LogP contribution in [-0.4, -0.2) is 20.6 Å². The number of aryl methyl sites for hydroxylation is 1. The predicted octanol–water partition coefficient (Wildman–Crippen LogP) is 2.58. The Bertz CT molecular complexity index is 1040. The lowest BCUT2D eigenvalue weighted by Gasteiger charge is -2.10. The van der Waals surface area contributed by atoms with E-state index >= 15 is 0 Å². The number of benzene rings is 2. The molecule has 25 heavy (non-hydrogen) atoms. The van der Waals surface area contributed by atoms with Gasteiger partial charge in [-0.3, -0.25) is 19.7 Å². The van der Waals surface area contributed by atoms with Crippen LogP contribution >= 0.6 is 0 Å². The van der Waals surface area contributed by atoms with Crippen molar-refractivity contribution in [3.8, 4) is 0 Å². The predicted molar refractivity (Wildman–Crippen MR) is 92.7 cm³/mol. The van der Waals surface area contributed by atoms with Crippen molar-refractivity contribution in [1.82, 2.24) is 9.78 Å². The molecule has 0 unspecified atom stereocenters. The zero-order chi connectivity index (χ0) is 18.0. The Morgan fingerprint density at radius 1 is 1.20 bits per heavy atom. The summed E-state index contributed by atoms with van der Waals surface area (Å²) in [6.07, 6.45) is 0. The number of carbonyl (C=O) groups is 1. The van der Waals surface area contributed by atoms with E-state index in [4.69, 9.17) is 0 Å². The third-order valence-electron chi connectivity index (χ3n) is 3.70. The molecular weight excluding hydrogens is 324 g/mol. The molecule has 0 atom stereocenters. The van der Waals surface area contributed by atoms with Crippen LogP contribution in [0.15, 0.2) is 53.3 Å². The van der Waals surface area contributed by atoms with Gasteiger partial charge < -0.3 is 5.32 Å². The molecule has 2 aromatic carbocycles. The van der Waals surface area contributed by atoms with Gasteiger partial charge in [0.2, 0.25) is 0 Å². The van der Waals surface area contributed by atoms with Crippen LogP contribution in [0.3, 0.4) is 0 Å². The van der Waals surface area contributed by atoms with Crippen LogP contribution in [0.25, 0.3) is 10.8 Å². The fourth-order valence-corrected chi connectivity index (χ4v) is 2.50. The number of nitro benzene ring substituents is 1. The van der Waals surface area contributed by atoms with Gasteiger partial charge in [0.1, 0.15) is 0 Å². The van der Waals surface area contributed by atoms with Gasteiger partial charge in [0.15, 0.2) is 5.69 Å². The summed E-state index contributed by atoms with van der Waals surface area (Å²) < 4.78 is 1.21. The first-order valence-electron chi connectivity index (χ1n) is 7.57. The standard InChI is InChI=1S/C17H14N4O4/c1-2-20-17(23)14-9-4-3-8-13(14)15(19-20)16(22)18-11-6-5-7-12(10-11)21(24)25/h3-10H,2H2,1H3,(H,18,22). The van der Waals surface area contributed by atoms with Crippen molar-refractivity contribution in [2.45, 2.75) is 13.5 Å². The smallest absolute Gasteiger partial charge is 0.276 e. The lowest BCUT2D eigenvalue weighted by molar-refractivity contribution is -0.384. The Morgan fingerprint density at radius 2 is 1.92 bits per heavy atom. The minimum atomic E-state index is -0.543. The van der Waals surface area contributed by atoms with E-state index in [0.717, 1.165) is 0 Å². The van der Waals surface area contributed by atoms with E-state index < -0.39 is 10.8 Å². The van der Waals surface area contributed by atoms with Gasteiger partial charge in [0.05, 0.1) is 10.3 Å². The SMILES string of the molecule is CCn1nc(C(=O)Nc2cccc([N+](=O)[O-])c2)c2ccccc2c1=O. The van der Waals surface area contributed by atoms with Crippen molar-refractivity contribution in [3.63, 3.8) is 0 Å². The van der Waals surface area contributed by atoms with E-state index in [2.05, 4.69) is 10.4 Å². The molecule has 0 bridgehead atoms. The zero-order valence-corrected chi connectivity index (χ0v) is 13.3. The summed E-state index contributed by atoms with van der Waals surface area (Å²) >= 11 is 0. The van der Waals surface area contributed by atoms with E-state index in [0.29, 0.717) is 17.3 Å². The molecule has 0 fully saturated rings. The Balaban J connectivity index is 2.06. The van der Waals surface area contributed by atoms with E-state index in [9.17, 15) is 19.7 Å². The van der Waals surface area contributed by atoms with Crippen LogP contribution in [0.5, 0.6) is 0 Å². The number of fused-ring (bicyclic) bond motifs is 1. The third kappa shape index (κ3) is 3.09. The van der Waals surface area contributed by atoms with Gasteiger partial charge in [0.25, 0.3) is 17.2 Å². The molecule has 0 aliphatic rings. The van der Waals surface area contributed by atoms with Crippen molar-refractivity contribution in [2.75, 3.05) is 5.32 Å². The highest BCUT2D eigenvalue weighted by molar-refractivity contribution is 6.11. The van der Waals surface area contributed by atoms with Crippen molar-refractivity contribution in [3.05, 3.63) is 74.7 Å². The number of hydrogen-bond donors (Lipinski definition) is 1. The first-order valence-corrected chi connectivity index (χ1v) is 7.57. The van der Waals surface area contributed by atoms with E-state index in [-0.39, 0.29) is 22.6 Å². The maximum atomic E-state index is 12.6. The number of aromatic nitrogens is 2. The highest BCUT2D eigenvalue weighted by Gasteiger charge is 2.17. The molecule has 1 N–H and O–H groups in total. The van der Waals surface area contributed by atoms with Crippen molar-refractivity contribution in [1.29, 1.82) is 0 Å². The number of nitrogens with one attached hydrogen (secondary N) is 1. The van der Waals surface area contributed by atoms with Gasteiger partial charge in [-0.05, 0) is 19.1 Å². The monoisotopic (exact) mass is 338 g/mol. The molecule has 0 saturated heterocycles. The number of rotatable bonds is 4. The summed E-state index contributed by atoms with van der Waals surface area (Å²) in [5, 5.41) is 18.4. The van der Waals surface area contributed by atoms with Gasteiger partial charge in [-0.15, -0.1) is 0 Å². The molecule has 3 rings (SSSR count). The zero-order valence-electron chi connectivity index (χ0n) is 13.3. The molecule has 1 aromatic heterocycles. The van der Waals surface area contributed by atoms with Crippen LogP contribution in [0, 0.1) is 10.1 Å². The molecule has 8 nitrogen and oxygen atoms in total. The topological polar surface area (TPSA) is 107 Å². The molecule has 8 heteroatoms. The average molecular weight is 338 g/mol. The van der Waals surface area contributed by atoms with Gasteiger partial charge in [-0.1, -0.05) is 24.3 Å². The second-order valence-electron chi connectivity index (χ2n) is 5.28. The van der Waals surface area contributed by atoms with Gasteiger partial charge in [0, 0.05) is 29.8 Å². The van der Waals surface area contributed by atoms with Crippen LogP contribution < -0.4 is 10.9 Å². The normalized spacial score (nSPS) is 10.6. The first kappa shape index (κ1) is 16.3. The minimum Gasteiger partial charge on any atom is -0.320 e. The number of nitrogens with zero attached hydrogens (tertiary/aromatic N) is 3. The molecule has 0 saturated carbocycles. The molecule has 1 heterocycles. The lowest BCUT2D eigenvalue weighted by atomic mass is 10.1. The molecule has 0 aliphatic carbocycles. The van der Waals surface area contributed by atoms with Crippen LogP contribution in [0.1, 0.15) is 17.4 Å². The largest absolute Gasteiger partial charge is 0.320 e. The number of carbonyl (C=O) groups excluding carboxylic acids is 1. The lowest BCUT2D eigenvalue weighted by Crippen LogP contribution is -2.27. The number of amides is 1. The summed E-state index contributed by atoms with van der Waals surface area (Å²) in [5.74, 6) is -0.543. The fourth-order valence-electron chi connectivity index (χ4n) is 2.50. The summed E-state index contributed by atoms with van der Waals surface area (Å²) in [5.41, 5.74) is -0.0398. The van der Waals surface area contributed by atoms with Crippen LogP contribution in [0.2, 0.25) is 0 Å². The van der Waals surface area contributed by atoms with Gasteiger partial charge in [-0.25, -0.2) is 4.68 Å². The minimum absolute atomic E-state index is 0.0866. The number of anilines is 1. The molecule has 3 aromatic rings. The maximum absolute atomic E-state index is 12.6. The van der Waals surface area contributed by atoms with E-state index in [1.54, 1.807) is 37.3 Å². The Labute approximate surface area is 141 Å². The van der Waals surface area contributed by atoms with Gasteiger partial charge in [-0.2, -0.15) is 5.10 Å². The summed E-state index contributed by atoms with van der Waals surface area (Å²) in [4.78, 5) is 35.2. The molecule has 126 valence electrons. The number of non-ortho nitro benzene ring substituents is 1. The summed E-state index contributed by atoms with van der Waals surface area (Å²) in [7, 11) is 0. The third-order valence-corrected chi connectivity index (χ3v) is 3.70. The van der Waals surface area contributed by atoms with Crippen molar-refractivity contribution >= 4 is 28.1 Å². The first-order chi connectivity index (χ1) is 12.0. The van der Waals surface area contributed by atoms with Crippen LogP contribution in [-0.2, 0) is 6.54 Å². The maximum Gasteiger partial charge on any atom is 0.276 e. The Morgan fingerprint density at radius 3 is 2.60 bits per heavy atom. The number of hydrogen-bond acceptors (Lipinski definition) is 5. The summed E-state index contributed by atoms with van der Waals surface area (Å²) in [6, 6.07) is 12.3. The summed E-state index contributed by atoms with van der Waals surface area (Å²) in [6.45, 7) is 2.08. The average Bonchev–Trinajstić information content (AvgIpc) is 2.62. The van der Waals surface area contributed by atoms with Crippen molar-refractivity contribution in [2.24, 2.45) is 0 Å². The molecule has 1 amide bonds. The quantitative estimate of drug-likeness (QED) is 0.581. The highest BCUT2D eigenvalue weighted by atomic mass is 16.6. The second kappa shape index (κ2) is 6.52. The molecule has 0 aliphatic heterocycles. The second-order valence-corrected chi connectivity index (χ2v) is 5.28. The molecular formula is C17H14N4O4. The van der Waals surface area contributed by atoms with E-state index in [1.807, 2.05) is 0 Å². The van der Waals surface area contributed by atoms with E-state index in [1.165, 1.54) is 22.9 Å². The Hall–Kier alpha value is -3.55. The highest BCUT2D eigenvalue weighted by Crippen LogP contribution is 2.19. The number of nitro groups is 1. The molecule has 0 radical (unpaired) electrons. The molecule has 0 spiro atoms. The fraction of sp³-hybridized carbons (Fsp3) is 0.118. The van der Waals surface area contributed by atoms with Crippen LogP contribution in [0.4, 0.5) is 11.4 Å². The Kier molecular flexibility index (Phi) is 4.25.